The topological polar surface area (TPSA) is 106 Å². The number of rotatable bonds is 8. The number of para-hydroxylation sites is 1. The summed E-state index contributed by atoms with van der Waals surface area (Å²) in [6, 6.07) is 25.8. The van der Waals surface area contributed by atoms with Gasteiger partial charge in [0.2, 0.25) is 5.91 Å². The summed E-state index contributed by atoms with van der Waals surface area (Å²) in [5.41, 5.74) is 3.75. The maximum Gasteiger partial charge on any atom is 0.332 e. The van der Waals surface area contributed by atoms with Crippen LogP contribution in [0.5, 0.6) is 0 Å². The van der Waals surface area contributed by atoms with Gasteiger partial charge in [-0.3, -0.25) is 4.79 Å². The summed E-state index contributed by atoms with van der Waals surface area (Å²) in [7, 11) is 2.13. The van der Waals surface area contributed by atoms with E-state index in [4.69, 9.17) is 0 Å². The maximum absolute atomic E-state index is 13.7. The van der Waals surface area contributed by atoms with Crippen molar-refractivity contribution < 1.29 is 9.59 Å². The third-order valence-corrected chi connectivity index (χ3v) is 6.67. The van der Waals surface area contributed by atoms with Gasteiger partial charge in [0.15, 0.2) is 0 Å². The first kappa shape index (κ1) is 27.4. The smallest absolute Gasteiger partial charge is 0.332 e. The molecule has 0 unspecified atom stereocenters. The van der Waals surface area contributed by atoms with Crippen LogP contribution in [0.25, 0.3) is 0 Å². The lowest BCUT2D eigenvalue weighted by Crippen LogP contribution is -2.44. The van der Waals surface area contributed by atoms with Crippen LogP contribution in [0.3, 0.4) is 0 Å². The van der Waals surface area contributed by atoms with Gasteiger partial charge >= 0.3 is 6.03 Å². The molecule has 1 aromatic heterocycles. The lowest BCUT2D eigenvalue weighted by molar-refractivity contribution is -0.111. The molecule has 3 amide bonds. The fourth-order valence-electron chi connectivity index (χ4n) is 4.49. The molecule has 10 nitrogen and oxygen atoms in total. The number of amides is 3. The summed E-state index contributed by atoms with van der Waals surface area (Å²) < 4.78 is 0. The van der Waals surface area contributed by atoms with Gasteiger partial charge in [-0.25, -0.2) is 19.7 Å². The predicted octanol–water partition coefficient (Wildman–Crippen LogP) is 5.47. The van der Waals surface area contributed by atoms with Crippen molar-refractivity contribution in [1.29, 1.82) is 0 Å². The number of hydrogen-bond donors (Lipinski definition) is 3. The van der Waals surface area contributed by atoms with Gasteiger partial charge in [0.1, 0.15) is 18.0 Å². The van der Waals surface area contributed by atoms with Gasteiger partial charge in [-0.15, -0.1) is 0 Å². The third kappa shape index (κ3) is 7.06. The molecule has 0 atom stereocenters. The molecule has 0 bridgehead atoms. The summed E-state index contributed by atoms with van der Waals surface area (Å²) >= 11 is 0. The summed E-state index contributed by atoms with van der Waals surface area (Å²) in [5.74, 6) is 0.568. The molecule has 1 saturated heterocycles. The van der Waals surface area contributed by atoms with Crippen molar-refractivity contribution in [2.24, 2.45) is 0 Å². The van der Waals surface area contributed by atoms with Crippen LogP contribution in [-0.2, 0) is 4.79 Å². The lowest BCUT2D eigenvalue weighted by atomic mass is 10.2. The van der Waals surface area contributed by atoms with Crippen LogP contribution in [0, 0.1) is 0 Å². The van der Waals surface area contributed by atoms with Gasteiger partial charge in [-0.2, -0.15) is 0 Å². The Morgan fingerprint density at radius 1 is 0.829 bits per heavy atom. The lowest BCUT2D eigenvalue weighted by Gasteiger charge is -2.34. The monoisotopic (exact) mass is 548 g/mol. The third-order valence-electron chi connectivity index (χ3n) is 6.67. The van der Waals surface area contributed by atoms with Crippen LogP contribution in [0.2, 0.25) is 0 Å². The van der Waals surface area contributed by atoms with Gasteiger partial charge in [-0.1, -0.05) is 30.8 Å². The molecular weight excluding hydrogens is 516 g/mol. The molecule has 5 rings (SSSR count). The number of piperazine rings is 1. The Morgan fingerprint density at radius 2 is 1.54 bits per heavy atom. The van der Waals surface area contributed by atoms with Crippen molar-refractivity contribution in [1.82, 2.24) is 14.9 Å². The second kappa shape index (κ2) is 12.8. The normalized spacial score (nSPS) is 13.2. The number of carbonyl (C=O) groups is 2. The minimum absolute atomic E-state index is 0.301. The van der Waals surface area contributed by atoms with E-state index in [0.29, 0.717) is 34.4 Å². The molecule has 1 fully saturated rings. The number of carbonyl (C=O) groups excluding carboxylic acids is 2. The van der Waals surface area contributed by atoms with E-state index in [1.165, 1.54) is 17.3 Å². The Bertz CT molecular complexity index is 1500. The minimum Gasteiger partial charge on any atom is -0.369 e. The average molecular weight is 549 g/mol. The fraction of sp³-hybridized carbons (Fsp3) is 0.161. The Kier molecular flexibility index (Phi) is 8.51. The molecule has 3 aromatic carbocycles. The highest BCUT2D eigenvalue weighted by molar-refractivity contribution is 6.06. The van der Waals surface area contributed by atoms with E-state index in [-0.39, 0.29) is 11.9 Å². The number of likely N-dealkylation sites (N-methyl/N-ethyl adjacent to an activating group) is 1. The molecule has 1 aliphatic rings. The fourth-order valence-corrected chi connectivity index (χ4v) is 4.49. The second-order valence-corrected chi connectivity index (χ2v) is 9.60. The van der Waals surface area contributed by atoms with Gasteiger partial charge < -0.3 is 25.8 Å². The van der Waals surface area contributed by atoms with Crippen molar-refractivity contribution in [3.05, 3.63) is 104 Å². The Balaban J connectivity index is 1.42. The molecule has 0 spiro atoms. The highest BCUT2D eigenvalue weighted by Gasteiger charge is 2.22. The first-order valence-corrected chi connectivity index (χ1v) is 13.3. The van der Waals surface area contributed by atoms with Gasteiger partial charge in [-0.05, 0) is 67.7 Å². The van der Waals surface area contributed by atoms with E-state index in [1.54, 1.807) is 18.2 Å². The number of urea groups is 1. The van der Waals surface area contributed by atoms with Crippen molar-refractivity contribution in [3.8, 4) is 0 Å². The molecule has 0 saturated carbocycles. The Labute approximate surface area is 239 Å². The Hall–Kier alpha value is -5.22. The van der Waals surface area contributed by atoms with Crippen LogP contribution in [0.4, 0.5) is 44.9 Å². The number of benzene rings is 3. The number of anilines is 7. The van der Waals surface area contributed by atoms with Crippen molar-refractivity contribution in [2.75, 3.05) is 59.0 Å². The molecular formula is C31H32N8O2. The largest absolute Gasteiger partial charge is 0.369 e. The van der Waals surface area contributed by atoms with Crippen LogP contribution in [-0.4, -0.2) is 60.0 Å². The zero-order valence-corrected chi connectivity index (χ0v) is 22.8. The second-order valence-electron chi connectivity index (χ2n) is 9.60. The molecule has 41 heavy (non-hydrogen) atoms. The summed E-state index contributed by atoms with van der Waals surface area (Å²) in [6.45, 7) is 7.40. The summed E-state index contributed by atoms with van der Waals surface area (Å²) in [5, 5.41) is 8.93. The average Bonchev–Trinajstić information content (AvgIpc) is 2.99. The van der Waals surface area contributed by atoms with Gasteiger partial charge in [0, 0.05) is 55.0 Å². The van der Waals surface area contributed by atoms with E-state index in [9.17, 15) is 9.59 Å². The molecule has 0 radical (unpaired) electrons. The summed E-state index contributed by atoms with van der Waals surface area (Å²) in [4.78, 5) is 40.3. The van der Waals surface area contributed by atoms with E-state index in [1.807, 2.05) is 66.7 Å². The number of nitrogens with one attached hydrogen (secondary N) is 3. The van der Waals surface area contributed by atoms with Crippen LogP contribution < -0.4 is 25.8 Å². The number of hydrogen-bond acceptors (Lipinski definition) is 7. The van der Waals surface area contributed by atoms with Crippen LogP contribution >= 0.6 is 0 Å². The van der Waals surface area contributed by atoms with Crippen LogP contribution in [0.1, 0.15) is 0 Å². The van der Waals surface area contributed by atoms with Gasteiger partial charge in [0.25, 0.3) is 0 Å². The standard InChI is InChI=1S/C31H32N8O2/c1-3-30(40)35-25-11-7-10-24(20-25)34-28-21-29(33-22-32-28)39(31(41)36-23-8-5-4-6-9-23)27-14-12-26(13-15-27)38-18-16-37(2)17-19-38/h3-15,20-22H,1,16-19H2,2H3,(H,35,40)(H,36,41)(H,32,33,34). The molecule has 2 heterocycles. The van der Waals surface area contributed by atoms with E-state index >= 15 is 0 Å². The summed E-state index contributed by atoms with van der Waals surface area (Å²) in [6.07, 6.45) is 2.62. The Morgan fingerprint density at radius 3 is 2.27 bits per heavy atom. The molecule has 10 heteroatoms. The molecule has 208 valence electrons. The number of aromatic nitrogens is 2. The molecule has 4 aromatic rings. The zero-order valence-electron chi connectivity index (χ0n) is 22.8. The zero-order chi connectivity index (χ0) is 28.6. The van der Waals surface area contributed by atoms with E-state index in [0.717, 1.165) is 31.9 Å². The first-order chi connectivity index (χ1) is 20.0. The van der Waals surface area contributed by atoms with Crippen molar-refractivity contribution in [2.45, 2.75) is 0 Å². The van der Waals surface area contributed by atoms with Crippen molar-refractivity contribution >= 4 is 52.0 Å². The SMILES string of the molecule is C=CC(=O)Nc1cccc(Nc2cc(N(C(=O)Nc3ccccc3)c3ccc(N4CCN(C)CC4)cc3)ncn2)c1. The quantitative estimate of drug-likeness (QED) is 0.251. The van der Waals surface area contributed by atoms with Crippen molar-refractivity contribution in [3.63, 3.8) is 0 Å². The minimum atomic E-state index is -0.359. The predicted molar refractivity (Wildman–Crippen MR) is 164 cm³/mol. The van der Waals surface area contributed by atoms with Gasteiger partial charge in [0.05, 0.1) is 5.69 Å². The highest BCUT2D eigenvalue weighted by atomic mass is 16.2. The van der Waals surface area contributed by atoms with Crippen LogP contribution in [0.15, 0.2) is 104 Å². The maximum atomic E-state index is 13.7. The van der Waals surface area contributed by atoms with E-state index < -0.39 is 0 Å². The molecule has 3 N–H and O–H groups in total. The number of nitrogens with zero attached hydrogens (tertiary/aromatic N) is 5. The molecule has 1 aliphatic heterocycles. The molecule has 0 aliphatic carbocycles. The highest BCUT2D eigenvalue weighted by Crippen LogP contribution is 2.29. The van der Waals surface area contributed by atoms with E-state index in [2.05, 4.69) is 49.3 Å². The first-order valence-electron chi connectivity index (χ1n) is 13.3.